The average Bonchev–Trinajstić information content (AvgIpc) is 2.40. The Morgan fingerprint density at radius 3 is 2.44 bits per heavy atom. The fourth-order valence-electron chi connectivity index (χ4n) is 1.52. The normalized spacial score (nSPS) is 14.3. The molecule has 1 N–H and O–H groups in total. The van der Waals surface area contributed by atoms with Gasteiger partial charge in [-0.25, -0.2) is 9.97 Å². The Bertz CT molecular complexity index is 409. The Morgan fingerprint density at radius 2 is 2.00 bits per heavy atom. The molecule has 1 aromatic heterocycles. The van der Waals surface area contributed by atoms with Gasteiger partial charge in [-0.1, -0.05) is 6.92 Å². The molecule has 0 radical (unpaired) electrons. The Hall–Kier alpha value is -0.720. The summed E-state index contributed by atoms with van der Waals surface area (Å²) in [6, 6.07) is 0. The number of ether oxygens (including phenoxy) is 2. The van der Waals surface area contributed by atoms with Crippen molar-refractivity contribution in [1.82, 2.24) is 9.97 Å². The minimum Gasteiger partial charge on any atom is -0.378 e. The maximum absolute atomic E-state index is 5.54. The number of anilines is 1. The van der Waals surface area contributed by atoms with Crippen LogP contribution in [0.2, 0.25) is 0 Å². The van der Waals surface area contributed by atoms with E-state index < -0.39 is 5.60 Å². The molecular formula is C12H20BrN3O2. The number of halogens is 1. The quantitative estimate of drug-likeness (QED) is 0.874. The molecule has 1 heterocycles. The van der Waals surface area contributed by atoms with Crippen LogP contribution in [0.1, 0.15) is 31.8 Å². The number of hydrogen-bond acceptors (Lipinski definition) is 5. The van der Waals surface area contributed by atoms with Crippen LogP contribution in [0.3, 0.4) is 0 Å². The van der Waals surface area contributed by atoms with Crippen molar-refractivity contribution < 1.29 is 9.47 Å². The smallest absolute Gasteiger partial charge is 0.162 e. The van der Waals surface area contributed by atoms with Gasteiger partial charge in [-0.2, -0.15) is 0 Å². The summed E-state index contributed by atoms with van der Waals surface area (Å²) in [5, 5.41) is 3.05. The summed E-state index contributed by atoms with van der Waals surface area (Å²) in [4.78, 5) is 9.03. The maximum atomic E-state index is 5.54. The first-order chi connectivity index (χ1) is 8.52. The molecule has 6 heteroatoms. The SMILES string of the molecule is CCC(C)(OC)c1nc(COC)c(Br)c(NC)n1. The summed E-state index contributed by atoms with van der Waals surface area (Å²) in [6.07, 6.45) is 0.792. The van der Waals surface area contributed by atoms with Crippen LogP contribution in [0, 0.1) is 0 Å². The first kappa shape index (κ1) is 15.3. The van der Waals surface area contributed by atoms with Crippen molar-refractivity contribution in [2.75, 3.05) is 26.6 Å². The van der Waals surface area contributed by atoms with E-state index in [0.717, 1.165) is 22.4 Å². The second kappa shape index (κ2) is 6.45. The fraction of sp³-hybridized carbons (Fsp3) is 0.667. The third-order valence-electron chi connectivity index (χ3n) is 3.04. The molecule has 0 bridgehead atoms. The van der Waals surface area contributed by atoms with Gasteiger partial charge in [0.05, 0.1) is 16.8 Å². The van der Waals surface area contributed by atoms with Crippen LogP contribution in [-0.2, 0) is 21.7 Å². The Labute approximate surface area is 116 Å². The van der Waals surface area contributed by atoms with Gasteiger partial charge in [0.2, 0.25) is 0 Å². The van der Waals surface area contributed by atoms with Crippen LogP contribution < -0.4 is 5.32 Å². The highest BCUT2D eigenvalue weighted by Gasteiger charge is 2.29. The molecule has 18 heavy (non-hydrogen) atoms. The number of rotatable bonds is 6. The van der Waals surface area contributed by atoms with E-state index in [1.54, 1.807) is 14.2 Å². The molecule has 0 saturated carbocycles. The van der Waals surface area contributed by atoms with E-state index in [2.05, 4.69) is 31.2 Å². The molecule has 0 aromatic carbocycles. The summed E-state index contributed by atoms with van der Waals surface area (Å²) in [5.41, 5.74) is 0.318. The zero-order valence-corrected chi connectivity index (χ0v) is 13.1. The molecule has 102 valence electrons. The Balaban J connectivity index is 3.33. The molecule has 0 aliphatic carbocycles. The lowest BCUT2D eigenvalue weighted by molar-refractivity contribution is -0.00931. The highest BCUT2D eigenvalue weighted by Crippen LogP contribution is 2.30. The third kappa shape index (κ3) is 2.99. The van der Waals surface area contributed by atoms with Gasteiger partial charge in [0.1, 0.15) is 11.4 Å². The van der Waals surface area contributed by atoms with Gasteiger partial charge in [0.15, 0.2) is 5.82 Å². The van der Waals surface area contributed by atoms with E-state index in [0.29, 0.717) is 12.4 Å². The van der Waals surface area contributed by atoms with Gasteiger partial charge >= 0.3 is 0 Å². The summed E-state index contributed by atoms with van der Waals surface area (Å²) in [6.45, 7) is 4.45. The highest BCUT2D eigenvalue weighted by atomic mass is 79.9. The lowest BCUT2D eigenvalue weighted by atomic mass is 10.0. The number of hydrogen-bond donors (Lipinski definition) is 1. The van der Waals surface area contributed by atoms with E-state index in [9.17, 15) is 0 Å². The predicted octanol–water partition coefficient (Wildman–Crippen LogP) is 2.70. The molecular weight excluding hydrogens is 298 g/mol. The topological polar surface area (TPSA) is 56.3 Å². The van der Waals surface area contributed by atoms with Gasteiger partial charge in [-0.3, -0.25) is 0 Å². The van der Waals surface area contributed by atoms with E-state index in [1.807, 2.05) is 20.9 Å². The molecule has 0 aliphatic rings. The first-order valence-electron chi connectivity index (χ1n) is 5.81. The van der Waals surface area contributed by atoms with Crippen LogP contribution in [0.5, 0.6) is 0 Å². The van der Waals surface area contributed by atoms with Crippen molar-refractivity contribution in [3.63, 3.8) is 0 Å². The highest BCUT2D eigenvalue weighted by molar-refractivity contribution is 9.10. The first-order valence-corrected chi connectivity index (χ1v) is 6.60. The molecule has 5 nitrogen and oxygen atoms in total. The third-order valence-corrected chi connectivity index (χ3v) is 3.87. The van der Waals surface area contributed by atoms with Crippen molar-refractivity contribution in [2.24, 2.45) is 0 Å². The summed E-state index contributed by atoms with van der Waals surface area (Å²) < 4.78 is 11.5. The number of nitrogens with zero attached hydrogens (tertiary/aromatic N) is 2. The van der Waals surface area contributed by atoms with E-state index in [-0.39, 0.29) is 0 Å². The minimum atomic E-state index is -0.491. The number of methoxy groups -OCH3 is 2. The van der Waals surface area contributed by atoms with E-state index in [1.165, 1.54) is 0 Å². The van der Waals surface area contributed by atoms with E-state index in [4.69, 9.17) is 9.47 Å². The van der Waals surface area contributed by atoms with Gasteiger partial charge in [0.25, 0.3) is 0 Å². The molecule has 0 saturated heterocycles. The lowest BCUT2D eigenvalue weighted by Crippen LogP contribution is -2.27. The van der Waals surface area contributed by atoms with Crippen LogP contribution in [-0.4, -0.2) is 31.2 Å². The molecule has 0 amide bonds. The van der Waals surface area contributed by atoms with Crippen molar-refractivity contribution in [2.45, 2.75) is 32.5 Å². The maximum Gasteiger partial charge on any atom is 0.162 e. The standard InChI is InChI=1S/C12H20BrN3O2/c1-6-12(2,18-5)11-15-8(7-17-4)9(13)10(14-3)16-11/h6-7H2,1-5H3,(H,14,15,16). The van der Waals surface area contributed by atoms with Gasteiger partial charge in [-0.15, -0.1) is 0 Å². The second-order valence-electron chi connectivity index (χ2n) is 4.13. The predicted molar refractivity (Wildman–Crippen MR) is 74.6 cm³/mol. The lowest BCUT2D eigenvalue weighted by Gasteiger charge is -2.26. The average molecular weight is 318 g/mol. The summed E-state index contributed by atoms with van der Waals surface area (Å²) in [5.74, 6) is 1.40. The van der Waals surface area contributed by atoms with Crippen molar-refractivity contribution >= 4 is 21.7 Å². The largest absolute Gasteiger partial charge is 0.378 e. The molecule has 1 aromatic rings. The monoisotopic (exact) mass is 317 g/mol. The van der Waals surface area contributed by atoms with Crippen LogP contribution in [0.25, 0.3) is 0 Å². The fourth-order valence-corrected chi connectivity index (χ4v) is 2.01. The number of nitrogens with one attached hydrogen (secondary N) is 1. The molecule has 0 spiro atoms. The zero-order valence-electron chi connectivity index (χ0n) is 11.5. The Morgan fingerprint density at radius 1 is 1.33 bits per heavy atom. The van der Waals surface area contributed by atoms with Gasteiger partial charge in [-0.05, 0) is 29.3 Å². The second-order valence-corrected chi connectivity index (χ2v) is 4.92. The molecule has 1 atom stereocenters. The van der Waals surface area contributed by atoms with Crippen molar-refractivity contribution in [3.05, 3.63) is 16.0 Å². The van der Waals surface area contributed by atoms with Crippen LogP contribution >= 0.6 is 15.9 Å². The van der Waals surface area contributed by atoms with E-state index >= 15 is 0 Å². The zero-order chi connectivity index (χ0) is 13.8. The molecule has 1 unspecified atom stereocenters. The van der Waals surface area contributed by atoms with Crippen molar-refractivity contribution in [3.8, 4) is 0 Å². The van der Waals surface area contributed by atoms with Crippen LogP contribution in [0.15, 0.2) is 4.47 Å². The summed E-state index contributed by atoms with van der Waals surface area (Å²) >= 11 is 3.48. The van der Waals surface area contributed by atoms with Crippen LogP contribution in [0.4, 0.5) is 5.82 Å². The molecule has 0 fully saturated rings. The Kier molecular flexibility index (Phi) is 5.49. The van der Waals surface area contributed by atoms with Gasteiger partial charge < -0.3 is 14.8 Å². The van der Waals surface area contributed by atoms with Crippen molar-refractivity contribution in [1.29, 1.82) is 0 Å². The minimum absolute atomic E-state index is 0.425. The summed E-state index contributed by atoms with van der Waals surface area (Å²) in [7, 11) is 5.14. The molecule has 0 aliphatic heterocycles. The number of aromatic nitrogens is 2. The molecule has 1 rings (SSSR count). The van der Waals surface area contributed by atoms with Gasteiger partial charge in [0, 0.05) is 21.3 Å².